The molecule has 1 aromatic rings. The van der Waals surface area contributed by atoms with Crippen molar-refractivity contribution in [2.45, 2.75) is 70.1 Å². The molecule has 2 heterocycles. The van der Waals surface area contributed by atoms with Crippen LogP contribution < -0.4 is 0 Å². The third-order valence-electron chi connectivity index (χ3n) is 5.77. The van der Waals surface area contributed by atoms with Crippen LogP contribution in [0.2, 0.25) is 0 Å². The van der Waals surface area contributed by atoms with Crippen molar-refractivity contribution >= 4 is 11.9 Å². The van der Waals surface area contributed by atoms with E-state index in [9.17, 15) is 9.59 Å². The highest BCUT2D eigenvalue weighted by molar-refractivity contribution is 5.84. The molecular weight excluding hydrogens is 342 g/mol. The van der Waals surface area contributed by atoms with E-state index >= 15 is 0 Å². The van der Waals surface area contributed by atoms with Gasteiger partial charge in [0, 0.05) is 12.1 Å². The van der Waals surface area contributed by atoms with Crippen molar-refractivity contribution in [2.75, 3.05) is 13.7 Å². The van der Waals surface area contributed by atoms with E-state index in [0.717, 1.165) is 18.4 Å². The molecule has 5 nitrogen and oxygen atoms in total. The van der Waals surface area contributed by atoms with E-state index in [2.05, 4.69) is 11.9 Å². The summed E-state index contributed by atoms with van der Waals surface area (Å²) in [4.78, 5) is 27.6. The van der Waals surface area contributed by atoms with Gasteiger partial charge >= 0.3 is 11.9 Å². The molecule has 2 fully saturated rings. The van der Waals surface area contributed by atoms with Gasteiger partial charge in [-0.2, -0.15) is 0 Å². The van der Waals surface area contributed by atoms with E-state index in [-0.39, 0.29) is 30.4 Å². The summed E-state index contributed by atoms with van der Waals surface area (Å²) in [6.07, 6.45) is 4.16. The number of piperidine rings is 1. The van der Waals surface area contributed by atoms with Crippen LogP contribution in [0.4, 0.5) is 0 Å². The first-order valence-electron chi connectivity index (χ1n) is 10.1. The topological polar surface area (TPSA) is 55.8 Å². The predicted molar refractivity (Wildman–Crippen MR) is 103 cm³/mol. The summed E-state index contributed by atoms with van der Waals surface area (Å²) < 4.78 is 11.2. The van der Waals surface area contributed by atoms with Gasteiger partial charge in [0.2, 0.25) is 0 Å². The second kappa shape index (κ2) is 8.87. The van der Waals surface area contributed by atoms with Crippen molar-refractivity contribution in [2.24, 2.45) is 5.92 Å². The summed E-state index contributed by atoms with van der Waals surface area (Å²) in [5.41, 5.74) is 0.798. The number of rotatable bonds is 7. The van der Waals surface area contributed by atoms with Crippen LogP contribution in [0.15, 0.2) is 30.3 Å². The summed E-state index contributed by atoms with van der Waals surface area (Å²) in [6.45, 7) is 4.34. The molecule has 1 aromatic carbocycles. The number of hydrogen-bond acceptors (Lipinski definition) is 5. The minimum Gasteiger partial charge on any atom is -0.465 e. The van der Waals surface area contributed by atoms with Crippen LogP contribution in [0.1, 0.15) is 57.4 Å². The Balaban J connectivity index is 1.61. The van der Waals surface area contributed by atoms with Gasteiger partial charge in [-0.25, -0.2) is 0 Å². The number of benzene rings is 1. The molecule has 2 aliphatic heterocycles. The quantitative estimate of drug-likeness (QED) is 0.685. The largest absolute Gasteiger partial charge is 0.465 e. The third kappa shape index (κ3) is 5.10. The Morgan fingerprint density at radius 2 is 1.74 bits per heavy atom. The average Bonchev–Trinajstić information content (AvgIpc) is 2.85. The van der Waals surface area contributed by atoms with Crippen molar-refractivity contribution in [3.8, 4) is 0 Å². The van der Waals surface area contributed by atoms with E-state index in [1.54, 1.807) is 0 Å². The summed E-state index contributed by atoms with van der Waals surface area (Å²) >= 11 is 0. The molecule has 0 aliphatic carbocycles. The Labute approximate surface area is 162 Å². The minimum atomic E-state index is -0.611. The van der Waals surface area contributed by atoms with Gasteiger partial charge in [-0.1, -0.05) is 44.2 Å². The molecule has 0 amide bonds. The summed E-state index contributed by atoms with van der Waals surface area (Å²) in [7, 11) is 2.16. The van der Waals surface area contributed by atoms with Gasteiger partial charge in [0.05, 0.1) is 18.9 Å². The zero-order chi connectivity index (χ0) is 19.4. The predicted octanol–water partition coefficient (Wildman–Crippen LogP) is 3.53. The zero-order valence-corrected chi connectivity index (χ0v) is 16.6. The summed E-state index contributed by atoms with van der Waals surface area (Å²) in [6, 6.07) is 10.4. The maximum absolute atomic E-state index is 12.6. The number of nitrogens with zero attached hydrogens (tertiary/aromatic N) is 1. The SMILES string of the molecule is CC(C)COC(=O)C(CC(=O)OC1CC2CCC(C1)N2C)c1ccccc1. The maximum Gasteiger partial charge on any atom is 0.314 e. The van der Waals surface area contributed by atoms with Gasteiger partial charge in [-0.05, 0) is 44.2 Å². The first-order chi connectivity index (χ1) is 12.9. The molecule has 0 radical (unpaired) electrons. The fraction of sp³-hybridized carbons (Fsp3) is 0.636. The van der Waals surface area contributed by atoms with E-state index in [4.69, 9.17) is 9.47 Å². The molecule has 0 aromatic heterocycles. The van der Waals surface area contributed by atoms with Crippen LogP contribution in [0.25, 0.3) is 0 Å². The Morgan fingerprint density at radius 3 is 2.33 bits per heavy atom. The molecule has 0 spiro atoms. The van der Waals surface area contributed by atoms with Crippen LogP contribution in [0.5, 0.6) is 0 Å². The van der Waals surface area contributed by atoms with Crippen molar-refractivity contribution in [1.82, 2.24) is 4.90 Å². The number of hydrogen-bond donors (Lipinski definition) is 0. The van der Waals surface area contributed by atoms with Gasteiger partial charge in [0.1, 0.15) is 6.10 Å². The number of carbonyl (C=O) groups excluding carboxylic acids is 2. The van der Waals surface area contributed by atoms with Crippen LogP contribution in [0, 0.1) is 5.92 Å². The third-order valence-corrected chi connectivity index (χ3v) is 5.77. The van der Waals surface area contributed by atoms with Crippen molar-refractivity contribution in [3.63, 3.8) is 0 Å². The van der Waals surface area contributed by atoms with Crippen LogP contribution in [0.3, 0.4) is 0 Å². The Bertz CT molecular complexity index is 631. The highest BCUT2D eigenvalue weighted by Crippen LogP contribution is 2.36. The van der Waals surface area contributed by atoms with E-state index in [1.807, 2.05) is 44.2 Å². The number of carbonyl (C=O) groups is 2. The fourth-order valence-corrected chi connectivity index (χ4v) is 4.23. The fourth-order valence-electron chi connectivity index (χ4n) is 4.23. The second-order valence-electron chi connectivity index (χ2n) is 8.33. The highest BCUT2D eigenvalue weighted by Gasteiger charge is 2.40. The molecule has 2 bridgehead atoms. The van der Waals surface area contributed by atoms with Crippen molar-refractivity contribution in [1.29, 1.82) is 0 Å². The van der Waals surface area contributed by atoms with Gasteiger partial charge in [0.15, 0.2) is 0 Å². The number of fused-ring (bicyclic) bond motifs is 2. The lowest BCUT2D eigenvalue weighted by Gasteiger charge is -2.35. The maximum atomic E-state index is 12.6. The molecule has 3 unspecified atom stereocenters. The lowest BCUT2D eigenvalue weighted by atomic mass is 9.95. The van der Waals surface area contributed by atoms with Crippen LogP contribution in [-0.2, 0) is 19.1 Å². The average molecular weight is 373 g/mol. The highest BCUT2D eigenvalue weighted by atomic mass is 16.5. The van der Waals surface area contributed by atoms with Gasteiger partial charge in [-0.15, -0.1) is 0 Å². The van der Waals surface area contributed by atoms with Crippen molar-refractivity contribution in [3.05, 3.63) is 35.9 Å². The summed E-state index contributed by atoms with van der Waals surface area (Å²) in [5.74, 6) is -1.01. The first kappa shape index (κ1) is 19.9. The molecule has 3 atom stereocenters. The molecule has 3 rings (SSSR count). The Morgan fingerprint density at radius 1 is 1.11 bits per heavy atom. The zero-order valence-electron chi connectivity index (χ0n) is 16.6. The molecule has 5 heteroatoms. The van der Waals surface area contributed by atoms with Crippen LogP contribution >= 0.6 is 0 Å². The van der Waals surface area contributed by atoms with Gasteiger partial charge in [-0.3, -0.25) is 9.59 Å². The first-order valence-corrected chi connectivity index (χ1v) is 10.1. The Kier molecular flexibility index (Phi) is 6.53. The van der Waals surface area contributed by atoms with Gasteiger partial charge < -0.3 is 14.4 Å². The summed E-state index contributed by atoms with van der Waals surface area (Å²) in [5, 5.41) is 0. The monoisotopic (exact) mass is 373 g/mol. The minimum absolute atomic E-state index is 0.0304. The second-order valence-corrected chi connectivity index (χ2v) is 8.33. The van der Waals surface area contributed by atoms with E-state index in [0.29, 0.717) is 18.7 Å². The molecule has 0 saturated carbocycles. The molecule has 27 heavy (non-hydrogen) atoms. The van der Waals surface area contributed by atoms with E-state index < -0.39 is 5.92 Å². The van der Waals surface area contributed by atoms with Gasteiger partial charge in [0.25, 0.3) is 0 Å². The lowest BCUT2D eigenvalue weighted by Crippen LogP contribution is -2.43. The van der Waals surface area contributed by atoms with Crippen molar-refractivity contribution < 1.29 is 19.1 Å². The lowest BCUT2D eigenvalue weighted by molar-refractivity contribution is -0.157. The van der Waals surface area contributed by atoms with Crippen LogP contribution in [-0.4, -0.2) is 48.7 Å². The Hall–Kier alpha value is -1.88. The molecule has 0 N–H and O–H groups in total. The molecule has 2 saturated heterocycles. The standard InChI is InChI=1S/C22H31NO4/c1-15(2)14-26-22(25)20(16-7-5-4-6-8-16)13-21(24)27-19-11-17-9-10-18(12-19)23(17)3/h4-8,15,17-20H,9-14H2,1-3H3. The van der Waals surface area contributed by atoms with E-state index in [1.165, 1.54) is 12.8 Å². The smallest absolute Gasteiger partial charge is 0.314 e. The molecular formula is C22H31NO4. The molecule has 2 aliphatic rings. The molecule has 148 valence electrons. The number of ether oxygens (including phenoxy) is 2. The number of esters is 2. The normalized spacial score (nSPS) is 26.0.